The van der Waals surface area contributed by atoms with Crippen LogP contribution >= 0.6 is 0 Å². The SMILES string of the molecule is CCC1CCCC(OCC(=O)Nc2cccc(CN)c2)C1. The number of carbonyl (C=O) groups is 1. The second-order valence-electron chi connectivity index (χ2n) is 5.83. The Morgan fingerprint density at radius 3 is 3.05 bits per heavy atom. The predicted molar refractivity (Wildman–Crippen MR) is 85.0 cm³/mol. The van der Waals surface area contributed by atoms with E-state index in [-0.39, 0.29) is 18.6 Å². The number of hydrogen-bond donors (Lipinski definition) is 2. The van der Waals surface area contributed by atoms with Gasteiger partial charge >= 0.3 is 0 Å². The van der Waals surface area contributed by atoms with Crippen molar-refractivity contribution in [2.45, 2.75) is 51.7 Å². The lowest BCUT2D eigenvalue weighted by atomic mass is 9.85. The molecule has 0 radical (unpaired) electrons. The van der Waals surface area contributed by atoms with Crippen LogP contribution in [0, 0.1) is 5.92 Å². The lowest BCUT2D eigenvalue weighted by Crippen LogP contribution is -2.27. The molecule has 1 aliphatic carbocycles. The normalized spacial score (nSPS) is 22.0. The maximum Gasteiger partial charge on any atom is 0.250 e. The van der Waals surface area contributed by atoms with Gasteiger partial charge in [-0.2, -0.15) is 0 Å². The molecule has 1 aromatic carbocycles. The highest BCUT2D eigenvalue weighted by molar-refractivity contribution is 5.91. The number of nitrogens with one attached hydrogen (secondary N) is 1. The molecule has 3 N–H and O–H groups in total. The third-order valence-corrected chi connectivity index (χ3v) is 4.21. The number of nitrogens with two attached hydrogens (primary N) is 1. The van der Waals surface area contributed by atoms with Crippen molar-refractivity contribution in [3.05, 3.63) is 29.8 Å². The van der Waals surface area contributed by atoms with Crippen molar-refractivity contribution >= 4 is 11.6 Å². The molecule has 1 amide bonds. The zero-order chi connectivity index (χ0) is 15.1. The third kappa shape index (κ3) is 5.14. The molecule has 0 spiro atoms. The molecular weight excluding hydrogens is 264 g/mol. The minimum atomic E-state index is -0.0946. The zero-order valence-corrected chi connectivity index (χ0v) is 12.8. The van der Waals surface area contributed by atoms with Crippen molar-refractivity contribution in [1.82, 2.24) is 0 Å². The van der Waals surface area contributed by atoms with E-state index in [1.807, 2.05) is 24.3 Å². The first-order valence-corrected chi connectivity index (χ1v) is 7.91. The first-order valence-electron chi connectivity index (χ1n) is 7.91. The molecule has 0 saturated heterocycles. The predicted octanol–water partition coefficient (Wildman–Crippen LogP) is 3.07. The first kappa shape index (κ1) is 16.0. The highest BCUT2D eigenvalue weighted by Gasteiger charge is 2.21. The Bertz CT molecular complexity index is 462. The van der Waals surface area contributed by atoms with Crippen LogP contribution in [-0.4, -0.2) is 18.6 Å². The summed E-state index contributed by atoms with van der Waals surface area (Å²) in [5.74, 6) is 0.663. The number of hydrogen-bond acceptors (Lipinski definition) is 3. The number of carbonyl (C=O) groups excluding carboxylic acids is 1. The van der Waals surface area contributed by atoms with E-state index in [0.717, 1.165) is 30.0 Å². The van der Waals surface area contributed by atoms with Gasteiger partial charge in [-0.3, -0.25) is 4.79 Å². The van der Waals surface area contributed by atoms with Gasteiger partial charge in [-0.25, -0.2) is 0 Å². The molecule has 116 valence electrons. The van der Waals surface area contributed by atoms with Gasteiger partial charge in [0, 0.05) is 12.2 Å². The van der Waals surface area contributed by atoms with E-state index in [4.69, 9.17) is 10.5 Å². The van der Waals surface area contributed by atoms with Gasteiger partial charge < -0.3 is 15.8 Å². The standard InChI is InChI=1S/C17H26N2O2/c1-2-13-5-4-8-16(10-13)21-12-17(20)19-15-7-3-6-14(9-15)11-18/h3,6-7,9,13,16H,2,4-5,8,10-12,18H2,1H3,(H,19,20). The number of anilines is 1. The van der Waals surface area contributed by atoms with Crippen LogP contribution < -0.4 is 11.1 Å². The van der Waals surface area contributed by atoms with Crippen molar-refractivity contribution in [1.29, 1.82) is 0 Å². The van der Waals surface area contributed by atoms with Crippen molar-refractivity contribution in [2.24, 2.45) is 11.7 Å². The Hall–Kier alpha value is -1.39. The Kier molecular flexibility index (Phi) is 6.21. The molecule has 0 aromatic heterocycles. The molecule has 1 fully saturated rings. The van der Waals surface area contributed by atoms with E-state index in [1.165, 1.54) is 19.3 Å². The number of rotatable bonds is 6. The summed E-state index contributed by atoms with van der Waals surface area (Å²) >= 11 is 0. The average Bonchev–Trinajstić information content (AvgIpc) is 2.53. The van der Waals surface area contributed by atoms with Crippen LogP contribution in [0.2, 0.25) is 0 Å². The molecule has 21 heavy (non-hydrogen) atoms. The smallest absolute Gasteiger partial charge is 0.250 e. The van der Waals surface area contributed by atoms with Crippen LogP contribution in [0.3, 0.4) is 0 Å². The average molecular weight is 290 g/mol. The third-order valence-electron chi connectivity index (χ3n) is 4.21. The van der Waals surface area contributed by atoms with Gasteiger partial charge in [-0.1, -0.05) is 38.3 Å². The second-order valence-corrected chi connectivity index (χ2v) is 5.83. The number of amides is 1. The minimum Gasteiger partial charge on any atom is -0.368 e. The number of benzene rings is 1. The van der Waals surface area contributed by atoms with E-state index >= 15 is 0 Å². The topological polar surface area (TPSA) is 64.3 Å². The van der Waals surface area contributed by atoms with Gasteiger partial charge in [-0.05, 0) is 36.5 Å². The largest absolute Gasteiger partial charge is 0.368 e. The Labute approximate surface area is 127 Å². The van der Waals surface area contributed by atoms with Crippen LogP contribution in [0.5, 0.6) is 0 Å². The summed E-state index contributed by atoms with van der Waals surface area (Å²) in [4.78, 5) is 11.9. The van der Waals surface area contributed by atoms with Crippen molar-refractivity contribution in [3.8, 4) is 0 Å². The molecule has 1 aliphatic rings. The number of ether oxygens (including phenoxy) is 1. The Morgan fingerprint density at radius 1 is 1.43 bits per heavy atom. The molecule has 2 unspecified atom stereocenters. The summed E-state index contributed by atoms with van der Waals surface area (Å²) in [6.07, 6.45) is 6.12. The summed E-state index contributed by atoms with van der Waals surface area (Å²) in [7, 11) is 0. The van der Waals surface area contributed by atoms with Crippen LogP contribution in [0.1, 0.15) is 44.6 Å². The van der Waals surface area contributed by atoms with E-state index in [9.17, 15) is 4.79 Å². The summed E-state index contributed by atoms with van der Waals surface area (Å²) in [5, 5.41) is 2.86. The highest BCUT2D eigenvalue weighted by atomic mass is 16.5. The molecule has 0 heterocycles. The van der Waals surface area contributed by atoms with Gasteiger partial charge in [0.1, 0.15) is 6.61 Å². The van der Waals surface area contributed by atoms with Gasteiger partial charge in [0.25, 0.3) is 0 Å². The quantitative estimate of drug-likeness (QED) is 0.846. The van der Waals surface area contributed by atoms with Crippen molar-refractivity contribution in [2.75, 3.05) is 11.9 Å². The summed E-state index contributed by atoms with van der Waals surface area (Å²) in [5.41, 5.74) is 7.38. The van der Waals surface area contributed by atoms with Crippen LogP contribution in [0.15, 0.2) is 24.3 Å². The van der Waals surface area contributed by atoms with E-state index in [2.05, 4.69) is 12.2 Å². The fourth-order valence-corrected chi connectivity index (χ4v) is 2.93. The molecule has 2 rings (SSSR count). The molecule has 2 atom stereocenters. The Morgan fingerprint density at radius 2 is 2.29 bits per heavy atom. The van der Waals surface area contributed by atoms with Crippen molar-refractivity contribution < 1.29 is 9.53 Å². The zero-order valence-electron chi connectivity index (χ0n) is 12.8. The monoisotopic (exact) mass is 290 g/mol. The minimum absolute atomic E-state index is 0.0946. The molecule has 0 aliphatic heterocycles. The fraction of sp³-hybridized carbons (Fsp3) is 0.588. The molecule has 0 bridgehead atoms. The lowest BCUT2D eigenvalue weighted by Gasteiger charge is -2.28. The maximum absolute atomic E-state index is 11.9. The van der Waals surface area contributed by atoms with Gasteiger partial charge in [0.05, 0.1) is 6.10 Å². The molecular formula is C17H26N2O2. The maximum atomic E-state index is 11.9. The summed E-state index contributed by atoms with van der Waals surface area (Å²) < 4.78 is 5.77. The van der Waals surface area contributed by atoms with Gasteiger partial charge in [0.15, 0.2) is 0 Å². The van der Waals surface area contributed by atoms with Crippen LogP contribution in [0.4, 0.5) is 5.69 Å². The molecule has 1 saturated carbocycles. The molecule has 4 heteroatoms. The highest BCUT2D eigenvalue weighted by Crippen LogP contribution is 2.28. The first-order chi connectivity index (χ1) is 10.2. The van der Waals surface area contributed by atoms with Crippen molar-refractivity contribution in [3.63, 3.8) is 0 Å². The van der Waals surface area contributed by atoms with Crippen LogP contribution in [0.25, 0.3) is 0 Å². The summed E-state index contributed by atoms with van der Waals surface area (Å²) in [6.45, 7) is 2.83. The van der Waals surface area contributed by atoms with E-state index in [1.54, 1.807) is 0 Å². The van der Waals surface area contributed by atoms with E-state index < -0.39 is 0 Å². The van der Waals surface area contributed by atoms with E-state index in [0.29, 0.717) is 6.54 Å². The van der Waals surface area contributed by atoms with Crippen LogP contribution in [-0.2, 0) is 16.1 Å². The summed E-state index contributed by atoms with van der Waals surface area (Å²) in [6, 6.07) is 7.60. The van der Waals surface area contributed by atoms with Gasteiger partial charge in [0.2, 0.25) is 5.91 Å². The fourth-order valence-electron chi connectivity index (χ4n) is 2.93. The second kappa shape index (κ2) is 8.15. The molecule has 1 aromatic rings. The van der Waals surface area contributed by atoms with Gasteiger partial charge in [-0.15, -0.1) is 0 Å². The Balaban J connectivity index is 1.76. The lowest BCUT2D eigenvalue weighted by molar-refractivity contribution is -0.123. The molecule has 4 nitrogen and oxygen atoms in total.